The molecule has 0 fully saturated rings. The fraction of sp³-hybridized carbons (Fsp3) is 0.250. The van der Waals surface area contributed by atoms with Crippen LogP contribution in [0, 0.1) is 0 Å². The van der Waals surface area contributed by atoms with Crippen LogP contribution < -0.4 is 14.8 Å². The third-order valence-electron chi connectivity index (χ3n) is 3.11. The monoisotopic (exact) mass is 327 g/mol. The molecule has 2 aromatic rings. The average Bonchev–Trinajstić information content (AvgIpc) is 2.48. The van der Waals surface area contributed by atoms with E-state index in [9.17, 15) is 0 Å². The Morgan fingerprint density at radius 2 is 1.43 bits per heavy atom. The summed E-state index contributed by atoms with van der Waals surface area (Å²) in [4.78, 5) is 0. The summed E-state index contributed by atoms with van der Waals surface area (Å²) >= 11 is 0. The molecule has 3 rings (SSSR count). The Morgan fingerprint density at radius 1 is 0.762 bits per heavy atom. The highest BCUT2D eigenvalue weighted by atomic mass is 35.5. The van der Waals surface area contributed by atoms with Crippen molar-refractivity contribution in [2.24, 2.45) is 0 Å². The normalized spacial score (nSPS) is 12.0. The molecule has 5 heteroatoms. The van der Waals surface area contributed by atoms with Crippen molar-refractivity contribution < 1.29 is 9.47 Å². The van der Waals surface area contributed by atoms with Crippen molar-refractivity contribution in [1.29, 1.82) is 0 Å². The summed E-state index contributed by atoms with van der Waals surface area (Å²) < 4.78 is 11.1. The number of nitrogens with one attached hydrogen (secondary N) is 1. The molecule has 0 saturated heterocycles. The lowest BCUT2D eigenvalue weighted by Crippen LogP contribution is -2.16. The summed E-state index contributed by atoms with van der Waals surface area (Å²) in [5, 5.41) is 3.43. The van der Waals surface area contributed by atoms with Crippen LogP contribution in [0.4, 0.5) is 0 Å². The molecule has 0 unspecified atom stereocenters. The van der Waals surface area contributed by atoms with E-state index >= 15 is 0 Å². The van der Waals surface area contributed by atoms with Crippen LogP contribution in [-0.2, 0) is 13.1 Å². The Labute approximate surface area is 137 Å². The van der Waals surface area contributed by atoms with Crippen LogP contribution in [0.1, 0.15) is 11.1 Å². The molecular formula is C16H19Cl2NO2. The first-order chi connectivity index (χ1) is 9.42. The van der Waals surface area contributed by atoms with Crippen LogP contribution in [0.5, 0.6) is 11.5 Å². The number of hydrogen-bond acceptors (Lipinski definition) is 3. The van der Waals surface area contributed by atoms with Crippen molar-refractivity contribution in [3.63, 3.8) is 0 Å². The number of hydrogen-bond donors (Lipinski definition) is 1. The standard InChI is InChI=1S/C16H17NO2.2ClH/c1-2-4-13(5-3-1)11-17-12-14-6-7-15-16(10-14)19-9-8-18-15;;/h1-7,10,17H,8-9,11-12H2;2*1H. The van der Waals surface area contributed by atoms with Gasteiger partial charge in [0.2, 0.25) is 0 Å². The fourth-order valence-electron chi connectivity index (χ4n) is 2.14. The summed E-state index contributed by atoms with van der Waals surface area (Å²) in [6, 6.07) is 16.5. The average molecular weight is 328 g/mol. The zero-order chi connectivity index (χ0) is 12.9. The van der Waals surface area contributed by atoms with Crippen LogP contribution in [0.2, 0.25) is 0 Å². The van der Waals surface area contributed by atoms with Crippen molar-refractivity contribution in [3.05, 3.63) is 59.7 Å². The minimum atomic E-state index is 0. The van der Waals surface area contributed by atoms with Gasteiger partial charge in [0.1, 0.15) is 13.2 Å². The van der Waals surface area contributed by atoms with E-state index in [-0.39, 0.29) is 24.8 Å². The molecule has 0 aromatic heterocycles. The van der Waals surface area contributed by atoms with Crippen LogP contribution in [0.3, 0.4) is 0 Å². The van der Waals surface area contributed by atoms with E-state index in [1.165, 1.54) is 11.1 Å². The fourth-order valence-corrected chi connectivity index (χ4v) is 2.14. The first kappa shape index (κ1) is 17.6. The van der Waals surface area contributed by atoms with Crippen molar-refractivity contribution in [3.8, 4) is 11.5 Å². The summed E-state index contributed by atoms with van der Waals surface area (Å²) in [6.07, 6.45) is 0. The molecule has 1 N–H and O–H groups in total. The van der Waals surface area contributed by atoms with E-state index in [0.29, 0.717) is 13.2 Å². The molecule has 0 aliphatic carbocycles. The molecule has 1 heterocycles. The van der Waals surface area contributed by atoms with Gasteiger partial charge in [0, 0.05) is 13.1 Å². The highest BCUT2D eigenvalue weighted by Crippen LogP contribution is 2.30. The number of fused-ring (bicyclic) bond motifs is 1. The van der Waals surface area contributed by atoms with Crippen LogP contribution in [0.25, 0.3) is 0 Å². The van der Waals surface area contributed by atoms with Gasteiger partial charge in [-0.25, -0.2) is 0 Å². The first-order valence-electron chi connectivity index (χ1n) is 6.55. The third-order valence-corrected chi connectivity index (χ3v) is 3.11. The molecule has 1 aliphatic rings. The third kappa shape index (κ3) is 4.81. The minimum Gasteiger partial charge on any atom is -0.486 e. The smallest absolute Gasteiger partial charge is 0.161 e. The summed E-state index contributed by atoms with van der Waals surface area (Å²) in [5.74, 6) is 1.70. The number of rotatable bonds is 4. The van der Waals surface area contributed by atoms with E-state index in [0.717, 1.165) is 24.6 Å². The quantitative estimate of drug-likeness (QED) is 0.930. The molecule has 1 aliphatic heterocycles. The maximum atomic E-state index is 5.58. The molecule has 114 valence electrons. The molecule has 0 bridgehead atoms. The molecule has 0 radical (unpaired) electrons. The van der Waals surface area contributed by atoms with E-state index in [1.807, 2.05) is 18.2 Å². The van der Waals surface area contributed by atoms with Crippen LogP contribution >= 0.6 is 24.8 Å². The topological polar surface area (TPSA) is 30.5 Å². The lowest BCUT2D eigenvalue weighted by molar-refractivity contribution is 0.171. The van der Waals surface area contributed by atoms with E-state index in [2.05, 4.69) is 35.6 Å². The Morgan fingerprint density at radius 3 is 2.19 bits per heavy atom. The van der Waals surface area contributed by atoms with Crippen molar-refractivity contribution >= 4 is 24.8 Å². The Balaban J connectivity index is 0.00000110. The van der Waals surface area contributed by atoms with Crippen molar-refractivity contribution in [2.45, 2.75) is 13.1 Å². The maximum absolute atomic E-state index is 5.58. The zero-order valence-corrected chi connectivity index (χ0v) is 13.2. The maximum Gasteiger partial charge on any atom is 0.161 e. The van der Waals surface area contributed by atoms with Gasteiger partial charge in [-0.15, -0.1) is 24.8 Å². The largest absolute Gasteiger partial charge is 0.486 e. The second kappa shape index (κ2) is 8.78. The Kier molecular flexibility index (Phi) is 7.37. The van der Waals surface area contributed by atoms with Crippen molar-refractivity contribution in [2.75, 3.05) is 13.2 Å². The lowest BCUT2D eigenvalue weighted by Gasteiger charge is -2.19. The molecule has 0 saturated carbocycles. The molecule has 0 atom stereocenters. The van der Waals surface area contributed by atoms with Crippen LogP contribution in [0.15, 0.2) is 48.5 Å². The zero-order valence-electron chi connectivity index (χ0n) is 11.6. The Hall–Kier alpha value is -1.42. The van der Waals surface area contributed by atoms with Gasteiger partial charge < -0.3 is 14.8 Å². The van der Waals surface area contributed by atoms with E-state index in [1.54, 1.807) is 0 Å². The van der Waals surface area contributed by atoms with E-state index in [4.69, 9.17) is 9.47 Å². The molecule has 21 heavy (non-hydrogen) atoms. The molecule has 0 spiro atoms. The minimum absolute atomic E-state index is 0. The summed E-state index contributed by atoms with van der Waals surface area (Å²) in [5.41, 5.74) is 2.50. The second-order valence-electron chi connectivity index (χ2n) is 4.57. The number of ether oxygens (including phenoxy) is 2. The van der Waals surface area contributed by atoms with Gasteiger partial charge >= 0.3 is 0 Å². The van der Waals surface area contributed by atoms with Gasteiger partial charge in [0.25, 0.3) is 0 Å². The number of benzene rings is 2. The van der Waals surface area contributed by atoms with E-state index < -0.39 is 0 Å². The van der Waals surface area contributed by atoms with Crippen LogP contribution in [-0.4, -0.2) is 13.2 Å². The number of halogens is 2. The van der Waals surface area contributed by atoms with Gasteiger partial charge in [0.05, 0.1) is 0 Å². The highest BCUT2D eigenvalue weighted by molar-refractivity contribution is 5.85. The highest BCUT2D eigenvalue weighted by Gasteiger charge is 2.11. The summed E-state index contributed by atoms with van der Waals surface area (Å²) in [6.45, 7) is 2.97. The van der Waals surface area contributed by atoms with Gasteiger partial charge in [-0.1, -0.05) is 36.4 Å². The first-order valence-corrected chi connectivity index (χ1v) is 6.55. The van der Waals surface area contributed by atoms with Gasteiger partial charge in [-0.3, -0.25) is 0 Å². The van der Waals surface area contributed by atoms with Gasteiger partial charge in [0.15, 0.2) is 11.5 Å². The molecular weight excluding hydrogens is 309 g/mol. The molecule has 0 amide bonds. The SMILES string of the molecule is Cl.Cl.c1ccc(CNCc2ccc3c(c2)OCCO3)cc1. The van der Waals surface area contributed by atoms with Gasteiger partial charge in [-0.2, -0.15) is 0 Å². The lowest BCUT2D eigenvalue weighted by atomic mass is 10.2. The van der Waals surface area contributed by atoms with Crippen molar-refractivity contribution in [1.82, 2.24) is 5.32 Å². The van der Waals surface area contributed by atoms with Gasteiger partial charge in [-0.05, 0) is 23.3 Å². The second-order valence-corrected chi connectivity index (χ2v) is 4.57. The predicted molar refractivity (Wildman–Crippen MR) is 88.9 cm³/mol. The molecule has 3 nitrogen and oxygen atoms in total. The molecule has 2 aromatic carbocycles. The predicted octanol–water partition coefficient (Wildman–Crippen LogP) is 3.59. The Bertz CT molecular complexity index is 549. The summed E-state index contributed by atoms with van der Waals surface area (Å²) in [7, 11) is 0.